The maximum Gasteiger partial charge on any atom is 0.292 e. The molecule has 0 saturated carbocycles. The lowest BCUT2D eigenvalue weighted by molar-refractivity contribution is -0.395. The Bertz CT molecular complexity index is 708. The standard InChI is InChI=1S/C16H21ClN4O6/c17-5-4-12-2-3-13(20(23)24)14(15(12)21(25)26)16(22)18-6-1-7-19-8-10-27-11-9-19/h2-3H,1,4-11H2,(H,18,22). The van der Waals surface area contributed by atoms with E-state index in [9.17, 15) is 25.0 Å². The largest absolute Gasteiger partial charge is 0.379 e. The van der Waals surface area contributed by atoms with Crippen LogP contribution in [0.15, 0.2) is 12.1 Å². The summed E-state index contributed by atoms with van der Waals surface area (Å²) in [4.78, 5) is 35.9. The molecule has 0 bridgehead atoms. The maximum absolute atomic E-state index is 12.5. The Hall–Kier alpha value is -2.30. The number of nitro groups is 2. The number of aryl methyl sites for hydroxylation is 1. The van der Waals surface area contributed by atoms with Crippen LogP contribution in [0, 0.1) is 20.2 Å². The lowest BCUT2D eigenvalue weighted by Crippen LogP contribution is -2.38. The first-order valence-electron chi connectivity index (χ1n) is 8.54. The molecule has 2 rings (SSSR count). The fourth-order valence-corrected chi connectivity index (χ4v) is 3.13. The highest BCUT2D eigenvalue weighted by atomic mass is 35.5. The smallest absolute Gasteiger partial charge is 0.292 e. The Kier molecular flexibility index (Phi) is 7.89. The summed E-state index contributed by atoms with van der Waals surface area (Å²) in [5.74, 6) is -0.731. The molecule has 1 saturated heterocycles. The van der Waals surface area contributed by atoms with Crippen LogP contribution in [0.4, 0.5) is 11.4 Å². The second kappa shape index (κ2) is 10.1. The fraction of sp³-hybridized carbons (Fsp3) is 0.562. The number of nitro benzene ring substituents is 2. The van der Waals surface area contributed by atoms with Crippen LogP contribution in [0.5, 0.6) is 0 Å². The number of hydrogen-bond donors (Lipinski definition) is 1. The molecule has 11 heteroatoms. The molecule has 1 aliphatic heterocycles. The van der Waals surface area contributed by atoms with Gasteiger partial charge in [-0.15, -0.1) is 11.6 Å². The van der Waals surface area contributed by atoms with Gasteiger partial charge in [0.2, 0.25) is 0 Å². The van der Waals surface area contributed by atoms with E-state index in [0.29, 0.717) is 19.6 Å². The SMILES string of the molecule is O=C(NCCCN1CCOCC1)c1c([N+](=O)[O-])ccc(CCCl)c1[N+](=O)[O-]. The Morgan fingerprint density at radius 1 is 1.22 bits per heavy atom. The zero-order chi connectivity index (χ0) is 19.8. The van der Waals surface area contributed by atoms with Crippen molar-refractivity contribution in [3.05, 3.63) is 43.5 Å². The summed E-state index contributed by atoms with van der Waals surface area (Å²) >= 11 is 5.65. The van der Waals surface area contributed by atoms with Gasteiger partial charge in [-0.25, -0.2) is 0 Å². The van der Waals surface area contributed by atoms with Crippen LogP contribution in [0.1, 0.15) is 22.3 Å². The summed E-state index contributed by atoms with van der Waals surface area (Å²) < 4.78 is 5.26. The third-order valence-electron chi connectivity index (χ3n) is 4.25. The average Bonchev–Trinajstić information content (AvgIpc) is 2.65. The van der Waals surface area contributed by atoms with Crippen molar-refractivity contribution in [3.63, 3.8) is 0 Å². The third kappa shape index (κ3) is 5.59. The van der Waals surface area contributed by atoms with Crippen molar-refractivity contribution in [2.45, 2.75) is 12.8 Å². The van der Waals surface area contributed by atoms with Gasteiger partial charge in [0, 0.05) is 37.1 Å². The predicted molar refractivity (Wildman–Crippen MR) is 98.4 cm³/mol. The van der Waals surface area contributed by atoms with Crippen molar-refractivity contribution >= 4 is 28.9 Å². The number of nitrogens with one attached hydrogen (secondary N) is 1. The first kappa shape index (κ1) is 21.0. The summed E-state index contributed by atoms with van der Waals surface area (Å²) in [7, 11) is 0. The maximum atomic E-state index is 12.5. The number of hydrogen-bond acceptors (Lipinski definition) is 7. The number of rotatable bonds is 9. The van der Waals surface area contributed by atoms with Crippen molar-refractivity contribution in [2.24, 2.45) is 0 Å². The first-order chi connectivity index (χ1) is 13.0. The van der Waals surface area contributed by atoms with Gasteiger partial charge < -0.3 is 10.1 Å². The van der Waals surface area contributed by atoms with E-state index < -0.39 is 32.7 Å². The molecule has 0 spiro atoms. The van der Waals surface area contributed by atoms with Gasteiger partial charge in [0.1, 0.15) is 0 Å². The summed E-state index contributed by atoms with van der Waals surface area (Å²) in [6.45, 7) is 3.94. The van der Waals surface area contributed by atoms with Gasteiger partial charge in [-0.3, -0.25) is 29.9 Å². The van der Waals surface area contributed by atoms with Crippen LogP contribution < -0.4 is 5.32 Å². The minimum atomic E-state index is -0.827. The van der Waals surface area contributed by atoms with Crippen LogP contribution in [0.3, 0.4) is 0 Å². The Morgan fingerprint density at radius 2 is 1.93 bits per heavy atom. The predicted octanol–water partition coefficient (Wildman–Crippen LogP) is 1.74. The molecule has 1 aromatic carbocycles. The topological polar surface area (TPSA) is 128 Å². The second-order valence-corrected chi connectivity index (χ2v) is 6.36. The quantitative estimate of drug-likeness (QED) is 0.289. The number of halogens is 1. The molecule has 27 heavy (non-hydrogen) atoms. The molecule has 10 nitrogen and oxygen atoms in total. The third-order valence-corrected chi connectivity index (χ3v) is 4.44. The van der Waals surface area contributed by atoms with Crippen molar-refractivity contribution < 1.29 is 19.4 Å². The minimum Gasteiger partial charge on any atom is -0.379 e. The number of nitrogens with zero attached hydrogens (tertiary/aromatic N) is 3. The van der Waals surface area contributed by atoms with Crippen LogP contribution in [0.2, 0.25) is 0 Å². The van der Waals surface area contributed by atoms with E-state index in [2.05, 4.69) is 10.2 Å². The van der Waals surface area contributed by atoms with E-state index in [-0.39, 0.29) is 24.4 Å². The molecule has 0 aliphatic carbocycles. The van der Waals surface area contributed by atoms with Crippen molar-refractivity contribution in [1.82, 2.24) is 10.2 Å². The highest BCUT2D eigenvalue weighted by Crippen LogP contribution is 2.32. The van der Waals surface area contributed by atoms with Gasteiger partial charge in [-0.1, -0.05) is 0 Å². The number of amides is 1. The molecule has 0 unspecified atom stereocenters. The zero-order valence-corrected chi connectivity index (χ0v) is 15.4. The molecule has 0 atom stereocenters. The van der Waals surface area contributed by atoms with E-state index in [1.165, 1.54) is 6.07 Å². The molecule has 1 aromatic rings. The van der Waals surface area contributed by atoms with Crippen molar-refractivity contribution in [3.8, 4) is 0 Å². The lowest BCUT2D eigenvalue weighted by Gasteiger charge is -2.26. The number of carbonyl (C=O) groups excluding carboxylic acids is 1. The molecule has 1 fully saturated rings. The average molecular weight is 401 g/mol. The summed E-state index contributed by atoms with van der Waals surface area (Å²) in [5.41, 5.74) is -1.49. The molecule has 1 aliphatic rings. The van der Waals surface area contributed by atoms with Gasteiger partial charge in [0.05, 0.1) is 23.1 Å². The summed E-state index contributed by atoms with van der Waals surface area (Å²) in [5, 5.41) is 25.3. The Balaban J connectivity index is 2.13. The van der Waals surface area contributed by atoms with E-state index in [1.807, 2.05) is 0 Å². The molecule has 148 valence electrons. The highest BCUT2D eigenvalue weighted by Gasteiger charge is 2.33. The normalized spacial score (nSPS) is 14.7. The number of morpholine rings is 1. The van der Waals surface area contributed by atoms with E-state index in [0.717, 1.165) is 25.7 Å². The summed E-state index contributed by atoms with van der Waals surface area (Å²) in [6, 6.07) is 2.38. The van der Waals surface area contributed by atoms with Crippen LogP contribution in [-0.2, 0) is 11.2 Å². The van der Waals surface area contributed by atoms with Crippen LogP contribution in [-0.4, -0.2) is 65.9 Å². The molecule has 1 N–H and O–H groups in total. The molecular weight excluding hydrogens is 380 g/mol. The van der Waals surface area contributed by atoms with E-state index >= 15 is 0 Å². The van der Waals surface area contributed by atoms with Gasteiger partial charge in [0.15, 0.2) is 5.56 Å². The van der Waals surface area contributed by atoms with Gasteiger partial charge >= 0.3 is 0 Å². The van der Waals surface area contributed by atoms with Crippen molar-refractivity contribution in [2.75, 3.05) is 45.3 Å². The minimum absolute atomic E-state index is 0.0965. The lowest BCUT2D eigenvalue weighted by atomic mass is 10.0. The number of ether oxygens (including phenoxy) is 1. The van der Waals surface area contributed by atoms with Gasteiger partial charge in [-0.2, -0.15) is 0 Å². The second-order valence-electron chi connectivity index (χ2n) is 5.98. The number of benzene rings is 1. The monoisotopic (exact) mass is 400 g/mol. The molecule has 1 heterocycles. The number of alkyl halides is 1. The molecule has 0 radical (unpaired) electrons. The molecule has 0 aromatic heterocycles. The Morgan fingerprint density at radius 3 is 2.52 bits per heavy atom. The highest BCUT2D eigenvalue weighted by molar-refractivity contribution is 6.18. The van der Waals surface area contributed by atoms with E-state index in [1.54, 1.807) is 0 Å². The molecule has 1 amide bonds. The van der Waals surface area contributed by atoms with Gasteiger partial charge in [-0.05, 0) is 25.5 Å². The fourth-order valence-electron chi connectivity index (χ4n) is 2.93. The van der Waals surface area contributed by atoms with Crippen LogP contribution in [0.25, 0.3) is 0 Å². The van der Waals surface area contributed by atoms with Crippen LogP contribution >= 0.6 is 11.6 Å². The first-order valence-corrected chi connectivity index (χ1v) is 9.08. The number of carbonyl (C=O) groups is 1. The summed E-state index contributed by atoms with van der Waals surface area (Å²) in [6.07, 6.45) is 0.752. The van der Waals surface area contributed by atoms with Gasteiger partial charge in [0.25, 0.3) is 17.3 Å². The van der Waals surface area contributed by atoms with E-state index in [4.69, 9.17) is 16.3 Å². The van der Waals surface area contributed by atoms with Crippen molar-refractivity contribution in [1.29, 1.82) is 0 Å². The zero-order valence-electron chi connectivity index (χ0n) is 14.7. The molecular formula is C16H21ClN4O6. The Labute approximate surface area is 160 Å².